The van der Waals surface area contributed by atoms with Crippen LogP contribution in [0, 0.1) is 0 Å². The van der Waals surface area contributed by atoms with Gasteiger partial charge in [0.05, 0.1) is 26.4 Å². The van der Waals surface area contributed by atoms with Gasteiger partial charge in [-0.3, -0.25) is 0 Å². The molecule has 1 aliphatic heterocycles. The number of hydrogen-bond donors (Lipinski definition) is 1. The maximum Gasteiger partial charge on any atom is 0.191 e. The molecule has 5 nitrogen and oxygen atoms in total. The van der Waals surface area contributed by atoms with E-state index >= 15 is 0 Å². The first-order valence-electron chi connectivity index (χ1n) is 7.58. The third kappa shape index (κ3) is 5.02. The average molecular weight is 291 g/mol. The average Bonchev–Trinajstić information content (AvgIpc) is 2.54. The zero-order valence-electron chi connectivity index (χ0n) is 12.8. The lowest BCUT2D eigenvalue weighted by molar-refractivity contribution is 0.0674. The molecule has 0 bridgehead atoms. The van der Waals surface area contributed by atoms with E-state index in [4.69, 9.17) is 15.2 Å². The maximum absolute atomic E-state index is 6.06. The van der Waals surface area contributed by atoms with Crippen molar-refractivity contribution in [3.05, 3.63) is 35.4 Å². The van der Waals surface area contributed by atoms with Crippen LogP contribution in [0.1, 0.15) is 24.5 Å². The first-order valence-corrected chi connectivity index (χ1v) is 7.58. The Kier molecular flexibility index (Phi) is 6.50. The van der Waals surface area contributed by atoms with Crippen molar-refractivity contribution in [3.8, 4) is 0 Å². The van der Waals surface area contributed by atoms with Crippen LogP contribution in [-0.2, 0) is 22.6 Å². The van der Waals surface area contributed by atoms with Gasteiger partial charge in [-0.25, -0.2) is 4.99 Å². The molecule has 0 radical (unpaired) electrons. The summed E-state index contributed by atoms with van der Waals surface area (Å²) in [6.07, 6.45) is 1.03. The fraction of sp³-hybridized carbons (Fsp3) is 0.562. The molecule has 1 fully saturated rings. The minimum Gasteiger partial charge on any atom is -0.378 e. The van der Waals surface area contributed by atoms with Crippen LogP contribution in [0.15, 0.2) is 29.3 Å². The largest absolute Gasteiger partial charge is 0.378 e. The Morgan fingerprint density at radius 3 is 2.71 bits per heavy atom. The van der Waals surface area contributed by atoms with E-state index in [1.165, 1.54) is 11.1 Å². The van der Waals surface area contributed by atoms with Crippen molar-refractivity contribution in [2.75, 3.05) is 32.9 Å². The molecule has 0 atom stereocenters. The zero-order chi connectivity index (χ0) is 14.9. The van der Waals surface area contributed by atoms with Crippen molar-refractivity contribution >= 4 is 5.96 Å². The highest BCUT2D eigenvalue weighted by atomic mass is 16.5. The summed E-state index contributed by atoms with van der Waals surface area (Å²) in [6, 6.07) is 8.23. The lowest BCUT2D eigenvalue weighted by Gasteiger charge is -2.27. The van der Waals surface area contributed by atoms with E-state index in [1.54, 1.807) is 0 Å². The molecule has 0 aromatic heterocycles. The summed E-state index contributed by atoms with van der Waals surface area (Å²) in [7, 11) is 0. The monoisotopic (exact) mass is 291 g/mol. The number of benzene rings is 1. The van der Waals surface area contributed by atoms with E-state index < -0.39 is 0 Å². The summed E-state index contributed by atoms with van der Waals surface area (Å²) in [6.45, 7) is 7.20. The van der Waals surface area contributed by atoms with Crippen molar-refractivity contribution in [3.63, 3.8) is 0 Å². The minimum absolute atomic E-state index is 0.592. The zero-order valence-corrected chi connectivity index (χ0v) is 12.8. The summed E-state index contributed by atoms with van der Waals surface area (Å²) in [5.41, 5.74) is 8.41. The van der Waals surface area contributed by atoms with E-state index in [0.29, 0.717) is 19.1 Å². The van der Waals surface area contributed by atoms with Crippen molar-refractivity contribution in [2.24, 2.45) is 10.7 Å². The Morgan fingerprint density at radius 2 is 2.00 bits per heavy atom. The van der Waals surface area contributed by atoms with Gasteiger partial charge in [0.1, 0.15) is 0 Å². The number of nitrogens with two attached hydrogens (primary N) is 1. The van der Waals surface area contributed by atoms with Crippen molar-refractivity contribution in [1.29, 1.82) is 0 Å². The third-order valence-electron chi connectivity index (χ3n) is 3.47. The molecule has 0 saturated carbocycles. The normalized spacial score (nSPS) is 16.2. The van der Waals surface area contributed by atoms with Gasteiger partial charge < -0.3 is 20.1 Å². The fourth-order valence-electron chi connectivity index (χ4n) is 2.24. The van der Waals surface area contributed by atoms with E-state index in [9.17, 15) is 0 Å². The summed E-state index contributed by atoms with van der Waals surface area (Å²) >= 11 is 0. The molecule has 0 unspecified atom stereocenters. The van der Waals surface area contributed by atoms with Gasteiger partial charge >= 0.3 is 0 Å². The van der Waals surface area contributed by atoms with Gasteiger partial charge in [0.2, 0.25) is 0 Å². The number of guanidine groups is 1. The standard InChI is InChI=1S/C16H25N3O2/c1-2-9-21-13-15-6-4-3-5-14(15)12-18-16(17)19-7-10-20-11-8-19/h3-6H,2,7-13H2,1H3,(H2,17,18). The molecule has 0 amide bonds. The number of rotatable bonds is 6. The van der Waals surface area contributed by atoms with Crippen LogP contribution in [0.25, 0.3) is 0 Å². The van der Waals surface area contributed by atoms with Gasteiger partial charge in [0.15, 0.2) is 5.96 Å². The third-order valence-corrected chi connectivity index (χ3v) is 3.47. The molecule has 2 N–H and O–H groups in total. The van der Waals surface area contributed by atoms with Gasteiger partial charge in [-0.2, -0.15) is 0 Å². The minimum atomic E-state index is 0.592. The van der Waals surface area contributed by atoms with E-state index in [2.05, 4.69) is 28.9 Å². The Hall–Kier alpha value is -1.59. The van der Waals surface area contributed by atoms with Gasteiger partial charge in [0, 0.05) is 19.7 Å². The number of morpholine rings is 1. The molecule has 1 aromatic carbocycles. The Bertz CT molecular complexity index is 457. The van der Waals surface area contributed by atoms with Crippen molar-refractivity contribution < 1.29 is 9.47 Å². The maximum atomic E-state index is 6.06. The number of aliphatic imine (C=N–C) groups is 1. The van der Waals surface area contributed by atoms with Crippen LogP contribution in [0.2, 0.25) is 0 Å². The Labute approximate surface area is 126 Å². The van der Waals surface area contributed by atoms with Crippen LogP contribution < -0.4 is 5.73 Å². The molecule has 1 saturated heterocycles. The van der Waals surface area contributed by atoms with Gasteiger partial charge in [-0.05, 0) is 17.5 Å². The van der Waals surface area contributed by atoms with Gasteiger partial charge in [0.25, 0.3) is 0 Å². The van der Waals surface area contributed by atoms with Crippen LogP contribution in [-0.4, -0.2) is 43.8 Å². The summed E-state index contributed by atoms with van der Waals surface area (Å²) in [5, 5.41) is 0. The highest BCUT2D eigenvalue weighted by Gasteiger charge is 2.12. The highest BCUT2D eigenvalue weighted by molar-refractivity contribution is 5.78. The predicted octanol–water partition coefficient (Wildman–Crippen LogP) is 1.76. The number of ether oxygens (including phenoxy) is 2. The lowest BCUT2D eigenvalue weighted by Crippen LogP contribution is -2.44. The number of hydrogen-bond acceptors (Lipinski definition) is 3. The van der Waals surface area contributed by atoms with Crippen LogP contribution in [0.5, 0.6) is 0 Å². The molecule has 2 rings (SSSR count). The smallest absolute Gasteiger partial charge is 0.191 e. The highest BCUT2D eigenvalue weighted by Crippen LogP contribution is 2.12. The second-order valence-corrected chi connectivity index (χ2v) is 5.10. The van der Waals surface area contributed by atoms with Crippen LogP contribution in [0.4, 0.5) is 0 Å². The first-order chi connectivity index (χ1) is 10.3. The molecule has 0 aliphatic carbocycles. The van der Waals surface area contributed by atoms with E-state index in [0.717, 1.165) is 39.3 Å². The molecule has 116 valence electrons. The van der Waals surface area contributed by atoms with E-state index in [1.807, 2.05) is 12.1 Å². The Balaban J connectivity index is 1.94. The summed E-state index contributed by atoms with van der Waals surface area (Å²) < 4.78 is 10.9. The Morgan fingerprint density at radius 1 is 1.29 bits per heavy atom. The second-order valence-electron chi connectivity index (χ2n) is 5.10. The second kappa shape index (κ2) is 8.64. The quantitative estimate of drug-likeness (QED) is 0.493. The molecule has 1 aliphatic rings. The molecule has 1 aromatic rings. The SMILES string of the molecule is CCCOCc1ccccc1CN=C(N)N1CCOCC1. The van der Waals surface area contributed by atoms with Gasteiger partial charge in [-0.1, -0.05) is 31.2 Å². The van der Waals surface area contributed by atoms with Crippen molar-refractivity contribution in [1.82, 2.24) is 4.90 Å². The topological polar surface area (TPSA) is 60.1 Å². The molecule has 5 heteroatoms. The molecule has 21 heavy (non-hydrogen) atoms. The summed E-state index contributed by atoms with van der Waals surface area (Å²) in [4.78, 5) is 6.59. The summed E-state index contributed by atoms with van der Waals surface area (Å²) in [5.74, 6) is 0.600. The molecule has 1 heterocycles. The molecular formula is C16H25N3O2. The predicted molar refractivity (Wildman–Crippen MR) is 84.1 cm³/mol. The fourth-order valence-corrected chi connectivity index (χ4v) is 2.24. The van der Waals surface area contributed by atoms with Gasteiger partial charge in [-0.15, -0.1) is 0 Å². The molecule has 0 spiro atoms. The number of nitrogens with zero attached hydrogens (tertiary/aromatic N) is 2. The van der Waals surface area contributed by atoms with Crippen LogP contribution >= 0.6 is 0 Å². The van der Waals surface area contributed by atoms with Crippen LogP contribution in [0.3, 0.4) is 0 Å². The molecular weight excluding hydrogens is 266 g/mol. The lowest BCUT2D eigenvalue weighted by atomic mass is 10.1. The van der Waals surface area contributed by atoms with E-state index in [-0.39, 0.29) is 0 Å². The van der Waals surface area contributed by atoms with Crippen molar-refractivity contribution in [2.45, 2.75) is 26.5 Å². The first kappa shape index (κ1) is 15.8.